The van der Waals surface area contributed by atoms with Crippen LogP contribution in [0, 0.1) is 0 Å². The summed E-state index contributed by atoms with van der Waals surface area (Å²) in [4.78, 5) is 13.1. The van der Waals surface area contributed by atoms with Crippen LogP contribution in [-0.4, -0.2) is 23.2 Å². The third-order valence-corrected chi connectivity index (χ3v) is 2.45. The van der Waals surface area contributed by atoms with Gasteiger partial charge in [0.05, 0.1) is 0 Å². The van der Waals surface area contributed by atoms with Crippen molar-refractivity contribution in [3.8, 4) is 0 Å². The number of nitrogens with zero attached hydrogens (tertiary/aromatic N) is 1. The van der Waals surface area contributed by atoms with Crippen LogP contribution in [0.3, 0.4) is 0 Å². The van der Waals surface area contributed by atoms with Crippen LogP contribution < -0.4 is 0 Å². The Hall–Kier alpha value is -0.730. The maximum Gasteiger partial charge on any atom is 0.240 e. The van der Waals surface area contributed by atoms with Crippen molar-refractivity contribution in [1.29, 1.82) is 0 Å². The SMILES string of the molecule is CC(Cl)C(=O)N(C)Cc1cccc(Cl)c1. The summed E-state index contributed by atoms with van der Waals surface area (Å²) in [7, 11) is 1.72. The summed E-state index contributed by atoms with van der Waals surface area (Å²) in [6.45, 7) is 2.19. The van der Waals surface area contributed by atoms with Gasteiger partial charge in [-0.1, -0.05) is 23.7 Å². The number of amides is 1. The zero-order chi connectivity index (χ0) is 11.4. The van der Waals surface area contributed by atoms with Crippen molar-refractivity contribution in [1.82, 2.24) is 4.90 Å². The molecule has 0 bridgehead atoms. The largest absolute Gasteiger partial charge is 0.340 e. The minimum atomic E-state index is -0.491. The van der Waals surface area contributed by atoms with Crippen LogP contribution in [0.15, 0.2) is 24.3 Å². The topological polar surface area (TPSA) is 20.3 Å². The highest BCUT2D eigenvalue weighted by Crippen LogP contribution is 2.13. The molecule has 1 rings (SSSR count). The van der Waals surface area contributed by atoms with Gasteiger partial charge in [0.25, 0.3) is 0 Å². The Balaban J connectivity index is 2.66. The molecule has 0 aliphatic rings. The second kappa shape index (κ2) is 5.38. The number of carbonyl (C=O) groups excluding carboxylic acids is 1. The first-order valence-corrected chi connectivity index (χ1v) is 5.45. The van der Waals surface area contributed by atoms with Gasteiger partial charge in [-0.15, -0.1) is 11.6 Å². The number of carbonyl (C=O) groups is 1. The van der Waals surface area contributed by atoms with E-state index in [-0.39, 0.29) is 5.91 Å². The average Bonchev–Trinajstić information content (AvgIpc) is 2.16. The Bertz CT molecular complexity index is 352. The lowest BCUT2D eigenvalue weighted by Crippen LogP contribution is -2.31. The minimum absolute atomic E-state index is 0.0864. The van der Waals surface area contributed by atoms with Gasteiger partial charge in [0.1, 0.15) is 5.38 Å². The molecule has 0 radical (unpaired) electrons. The van der Waals surface area contributed by atoms with Crippen LogP contribution in [0.4, 0.5) is 0 Å². The van der Waals surface area contributed by atoms with E-state index in [1.165, 1.54) is 0 Å². The van der Waals surface area contributed by atoms with Gasteiger partial charge in [-0.25, -0.2) is 0 Å². The first-order chi connectivity index (χ1) is 7.00. The number of benzene rings is 1. The number of rotatable bonds is 3. The Morgan fingerprint density at radius 3 is 2.73 bits per heavy atom. The van der Waals surface area contributed by atoms with E-state index >= 15 is 0 Å². The summed E-state index contributed by atoms with van der Waals surface area (Å²) in [5.41, 5.74) is 0.996. The van der Waals surface area contributed by atoms with Gasteiger partial charge in [0.15, 0.2) is 0 Å². The molecular formula is C11H13Cl2NO. The van der Waals surface area contributed by atoms with Crippen molar-refractivity contribution in [2.24, 2.45) is 0 Å². The number of halogens is 2. The van der Waals surface area contributed by atoms with Gasteiger partial charge in [-0.05, 0) is 24.6 Å². The molecule has 1 amide bonds. The molecule has 1 atom stereocenters. The maximum atomic E-state index is 11.5. The Morgan fingerprint density at radius 2 is 2.20 bits per heavy atom. The quantitative estimate of drug-likeness (QED) is 0.751. The van der Waals surface area contributed by atoms with Gasteiger partial charge >= 0.3 is 0 Å². The molecular weight excluding hydrogens is 233 g/mol. The van der Waals surface area contributed by atoms with Crippen LogP contribution in [0.2, 0.25) is 5.02 Å². The van der Waals surface area contributed by atoms with Gasteiger partial charge in [-0.3, -0.25) is 4.79 Å². The van der Waals surface area contributed by atoms with E-state index in [4.69, 9.17) is 23.2 Å². The van der Waals surface area contributed by atoms with Crippen LogP contribution in [0.5, 0.6) is 0 Å². The van der Waals surface area contributed by atoms with Crippen LogP contribution in [0.25, 0.3) is 0 Å². The predicted octanol–water partition coefficient (Wildman–Crippen LogP) is 2.93. The molecule has 82 valence electrons. The molecule has 0 saturated carbocycles. The van der Waals surface area contributed by atoms with Crippen molar-refractivity contribution >= 4 is 29.1 Å². The lowest BCUT2D eigenvalue weighted by molar-refractivity contribution is -0.129. The Kier molecular flexibility index (Phi) is 4.43. The third kappa shape index (κ3) is 3.73. The van der Waals surface area contributed by atoms with Crippen LogP contribution in [0.1, 0.15) is 12.5 Å². The molecule has 1 unspecified atom stereocenters. The normalized spacial score (nSPS) is 12.3. The zero-order valence-corrected chi connectivity index (χ0v) is 10.2. The summed E-state index contributed by atoms with van der Waals surface area (Å²) in [6.07, 6.45) is 0. The number of hydrogen-bond donors (Lipinski definition) is 0. The second-order valence-electron chi connectivity index (χ2n) is 3.44. The first-order valence-electron chi connectivity index (χ1n) is 4.64. The fraction of sp³-hybridized carbons (Fsp3) is 0.364. The van der Waals surface area contributed by atoms with Crippen LogP contribution >= 0.6 is 23.2 Å². The molecule has 0 aliphatic carbocycles. The summed E-state index contributed by atoms with van der Waals surface area (Å²) in [5, 5.41) is 0.182. The molecule has 0 N–H and O–H groups in total. The van der Waals surface area contributed by atoms with Crippen molar-refractivity contribution in [2.45, 2.75) is 18.8 Å². The van der Waals surface area contributed by atoms with E-state index in [1.807, 2.05) is 18.2 Å². The summed E-state index contributed by atoms with van der Waals surface area (Å²) in [6, 6.07) is 7.43. The molecule has 15 heavy (non-hydrogen) atoms. The highest BCUT2D eigenvalue weighted by atomic mass is 35.5. The highest BCUT2D eigenvalue weighted by molar-refractivity contribution is 6.30. The van der Waals surface area contributed by atoms with E-state index in [2.05, 4.69) is 0 Å². The van der Waals surface area contributed by atoms with E-state index in [9.17, 15) is 4.79 Å². The van der Waals surface area contributed by atoms with Gasteiger partial charge in [0, 0.05) is 18.6 Å². The maximum absolute atomic E-state index is 11.5. The molecule has 4 heteroatoms. The highest BCUT2D eigenvalue weighted by Gasteiger charge is 2.14. The average molecular weight is 246 g/mol. The van der Waals surface area contributed by atoms with Crippen molar-refractivity contribution in [3.63, 3.8) is 0 Å². The molecule has 0 aromatic heterocycles. The molecule has 0 aliphatic heterocycles. The van der Waals surface area contributed by atoms with Crippen molar-refractivity contribution < 1.29 is 4.79 Å². The second-order valence-corrected chi connectivity index (χ2v) is 4.53. The van der Waals surface area contributed by atoms with Crippen molar-refractivity contribution in [2.75, 3.05) is 7.05 Å². The van der Waals surface area contributed by atoms with E-state index < -0.39 is 5.38 Å². The van der Waals surface area contributed by atoms with Crippen LogP contribution in [-0.2, 0) is 11.3 Å². The summed E-state index contributed by atoms with van der Waals surface area (Å²) >= 11 is 11.5. The molecule has 1 aromatic carbocycles. The van der Waals surface area contributed by atoms with Crippen molar-refractivity contribution in [3.05, 3.63) is 34.9 Å². The third-order valence-electron chi connectivity index (χ3n) is 2.03. The molecule has 1 aromatic rings. The van der Waals surface area contributed by atoms with Gasteiger partial charge < -0.3 is 4.90 Å². The standard InChI is InChI=1S/C11H13Cl2NO/c1-8(12)11(15)14(2)7-9-4-3-5-10(13)6-9/h3-6,8H,7H2,1-2H3. The summed E-state index contributed by atoms with van der Waals surface area (Å²) < 4.78 is 0. The summed E-state index contributed by atoms with van der Waals surface area (Å²) in [5.74, 6) is -0.0864. The first kappa shape index (κ1) is 12.3. The monoisotopic (exact) mass is 245 g/mol. The lowest BCUT2D eigenvalue weighted by Gasteiger charge is -2.18. The predicted molar refractivity (Wildman–Crippen MR) is 63.2 cm³/mol. The minimum Gasteiger partial charge on any atom is -0.340 e. The van der Waals surface area contributed by atoms with Gasteiger partial charge in [-0.2, -0.15) is 0 Å². The molecule has 0 spiro atoms. The molecule has 0 saturated heterocycles. The fourth-order valence-corrected chi connectivity index (χ4v) is 1.67. The van der Waals surface area contributed by atoms with Gasteiger partial charge in [0.2, 0.25) is 5.91 Å². The van der Waals surface area contributed by atoms with E-state index in [1.54, 1.807) is 24.9 Å². The molecule has 0 heterocycles. The number of alkyl halides is 1. The van der Waals surface area contributed by atoms with E-state index in [0.29, 0.717) is 11.6 Å². The molecule has 0 fully saturated rings. The zero-order valence-electron chi connectivity index (χ0n) is 8.71. The fourth-order valence-electron chi connectivity index (χ4n) is 1.29. The van der Waals surface area contributed by atoms with E-state index in [0.717, 1.165) is 5.56 Å². The smallest absolute Gasteiger partial charge is 0.240 e. The Labute approximate surface area is 99.8 Å². The Morgan fingerprint density at radius 1 is 1.53 bits per heavy atom. The molecule has 2 nitrogen and oxygen atoms in total. The lowest BCUT2D eigenvalue weighted by atomic mass is 10.2. The number of hydrogen-bond acceptors (Lipinski definition) is 1.